The number of carbonyl (C=O) groups is 1. The third-order valence-electron chi connectivity index (χ3n) is 3.08. The number of hydrogen-bond acceptors (Lipinski definition) is 2. The van der Waals surface area contributed by atoms with E-state index >= 15 is 0 Å². The van der Waals surface area contributed by atoms with Crippen molar-refractivity contribution >= 4 is 23.4 Å². The molecule has 122 valence electrons. The number of benzene rings is 2. The van der Waals surface area contributed by atoms with Crippen LogP contribution in [-0.4, -0.2) is 11.2 Å². The van der Waals surface area contributed by atoms with Gasteiger partial charge in [0.15, 0.2) is 11.6 Å². The first kappa shape index (κ1) is 17.3. The van der Waals surface area contributed by atoms with Crippen LogP contribution in [0.1, 0.15) is 12.5 Å². The highest BCUT2D eigenvalue weighted by molar-refractivity contribution is 7.99. The number of thioether (sulfide) groups is 1. The van der Waals surface area contributed by atoms with Crippen molar-refractivity contribution in [2.24, 2.45) is 0 Å². The van der Waals surface area contributed by atoms with Crippen LogP contribution in [0.3, 0.4) is 0 Å². The molecule has 23 heavy (non-hydrogen) atoms. The number of hydrogen-bond donors (Lipinski definition) is 1. The first-order valence-electron chi connectivity index (χ1n) is 6.69. The van der Waals surface area contributed by atoms with Crippen LogP contribution in [0.4, 0.5) is 23.2 Å². The fourth-order valence-electron chi connectivity index (χ4n) is 1.78. The van der Waals surface area contributed by atoms with Gasteiger partial charge in [0, 0.05) is 17.4 Å². The lowest BCUT2D eigenvalue weighted by Gasteiger charge is -2.13. The van der Waals surface area contributed by atoms with Gasteiger partial charge < -0.3 is 5.32 Å². The van der Waals surface area contributed by atoms with E-state index in [0.29, 0.717) is 6.07 Å². The van der Waals surface area contributed by atoms with Crippen molar-refractivity contribution in [1.29, 1.82) is 0 Å². The smallest absolute Gasteiger partial charge is 0.237 e. The largest absolute Gasteiger partial charge is 0.323 e. The molecular weight excluding hydrogens is 330 g/mol. The zero-order chi connectivity index (χ0) is 17.0. The molecule has 0 aliphatic rings. The maximum absolute atomic E-state index is 13.5. The molecule has 7 heteroatoms. The molecule has 2 aromatic rings. The Labute approximate surface area is 134 Å². The molecule has 0 aromatic heterocycles. The van der Waals surface area contributed by atoms with Gasteiger partial charge in [0.1, 0.15) is 11.6 Å². The molecule has 0 saturated carbocycles. The van der Waals surface area contributed by atoms with Crippen LogP contribution in [0.15, 0.2) is 36.4 Å². The molecule has 0 aliphatic carbocycles. The summed E-state index contributed by atoms with van der Waals surface area (Å²) in [5.74, 6) is -3.95. The maximum Gasteiger partial charge on any atom is 0.237 e. The molecule has 1 N–H and O–H groups in total. The SMILES string of the molecule is CC(SCc1cccc(F)c1F)C(=O)Nc1ccc(F)cc1F. The quantitative estimate of drug-likeness (QED) is 0.810. The molecule has 2 aromatic carbocycles. The molecule has 0 spiro atoms. The summed E-state index contributed by atoms with van der Waals surface area (Å²) in [4.78, 5) is 12.0. The Balaban J connectivity index is 1.96. The van der Waals surface area contributed by atoms with Crippen molar-refractivity contribution < 1.29 is 22.4 Å². The van der Waals surface area contributed by atoms with Gasteiger partial charge in [-0.15, -0.1) is 11.8 Å². The summed E-state index contributed by atoms with van der Waals surface area (Å²) >= 11 is 1.07. The highest BCUT2D eigenvalue weighted by atomic mass is 32.2. The van der Waals surface area contributed by atoms with Gasteiger partial charge in [-0.25, -0.2) is 17.6 Å². The van der Waals surface area contributed by atoms with Crippen molar-refractivity contribution in [1.82, 2.24) is 0 Å². The third-order valence-corrected chi connectivity index (χ3v) is 4.27. The summed E-state index contributed by atoms with van der Waals surface area (Å²) in [6.07, 6.45) is 0. The van der Waals surface area contributed by atoms with E-state index in [4.69, 9.17) is 0 Å². The van der Waals surface area contributed by atoms with Gasteiger partial charge in [0.2, 0.25) is 5.91 Å². The maximum atomic E-state index is 13.5. The lowest BCUT2D eigenvalue weighted by Crippen LogP contribution is -2.23. The van der Waals surface area contributed by atoms with Crippen LogP contribution >= 0.6 is 11.8 Å². The van der Waals surface area contributed by atoms with Crippen molar-refractivity contribution in [3.05, 3.63) is 65.2 Å². The summed E-state index contributed by atoms with van der Waals surface area (Å²) in [5, 5.41) is 1.69. The average molecular weight is 343 g/mol. The Morgan fingerprint density at radius 2 is 1.87 bits per heavy atom. The van der Waals surface area contributed by atoms with E-state index in [2.05, 4.69) is 5.32 Å². The number of rotatable bonds is 5. The topological polar surface area (TPSA) is 29.1 Å². The van der Waals surface area contributed by atoms with Gasteiger partial charge in [0.25, 0.3) is 0 Å². The van der Waals surface area contributed by atoms with Crippen LogP contribution in [0, 0.1) is 23.3 Å². The van der Waals surface area contributed by atoms with E-state index in [1.807, 2.05) is 0 Å². The average Bonchev–Trinajstić information content (AvgIpc) is 2.51. The summed E-state index contributed by atoms with van der Waals surface area (Å²) in [6.45, 7) is 1.55. The Kier molecular flexibility index (Phi) is 5.65. The highest BCUT2D eigenvalue weighted by Gasteiger charge is 2.17. The molecule has 0 aliphatic heterocycles. The van der Waals surface area contributed by atoms with E-state index in [-0.39, 0.29) is 17.0 Å². The molecule has 2 nitrogen and oxygen atoms in total. The van der Waals surface area contributed by atoms with E-state index < -0.39 is 34.4 Å². The molecule has 0 heterocycles. The van der Waals surface area contributed by atoms with Crippen LogP contribution in [-0.2, 0) is 10.5 Å². The van der Waals surface area contributed by atoms with Crippen molar-refractivity contribution in [3.8, 4) is 0 Å². The molecule has 1 unspecified atom stereocenters. The fourth-order valence-corrected chi connectivity index (χ4v) is 2.64. The Hall–Kier alpha value is -2.02. The lowest BCUT2D eigenvalue weighted by molar-refractivity contribution is -0.115. The van der Waals surface area contributed by atoms with Gasteiger partial charge in [-0.05, 0) is 25.1 Å². The summed E-state index contributed by atoms with van der Waals surface area (Å²) in [7, 11) is 0. The zero-order valence-corrected chi connectivity index (χ0v) is 12.9. The van der Waals surface area contributed by atoms with Gasteiger partial charge in [0.05, 0.1) is 10.9 Å². The molecule has 0 saturated heterocycles. The first-order chi connectivity index (χ1) is 10.9. The molecular formula is C16H13F4NOS. The summed E-state index contributed by atoms with van der Waals surface area (Å²) in [6, 6.07) is 6.62. The molecule has 0 fully saturated rings. The number of amides is 1. The van der Waals surface area contributed by atoms with E-state index in [9.17, 15) is 22.4 Å². The predicted molar refractivity (Wildman–Crippen MR) is 82.1 cm³/mol. The lowest BCUT2D eigenvalue weighted by atomic mass is 10.2. The standard InChI is InChI=1S/C16H13F4NOS/c1-9(23-8-10-3-2-4-12(18)15(10)20)16(22)21-14-6-5-11(17)7-13(14)19/h2-7,9H,8H2,1H3,(H,21,22). The minimum absolute atomic E-state index is 0.0874. The highest BCUT2D eigenvalue weighted by Crippen LogP contribution is 2.23. The number of nitrogens with one attached hydrogen (secondary N) is 1. The number of anilines is 1. The van der Waals surface area contributed by atoms with Gasteiger partial charge in [-0.3, -0.25) is 4.79 Å². The molecule has 0 bridgehead atoms. The van der Waals surface area contributed by atoms with Gasteiger partial charge >= 0.3 is 0 Å². The predicted octanol–water partition coefficient (Wildman–Crippen LogP) is 4.50. The van der Waals surface area contributed by atoms with Crippen LogP contribution in [0.5, 0.6) is 0 Å². The number of halogens is 4. The van der Waals surface area contributed by atoms with Gasteiger partial charge in [-0.2, -0.15) is 0 Å². The monoisotopic (exact) mass is 343 g/mol. The van der Waals surface area contributed by atoms with Crippen molar-refractivity contribution in [2.75, 3.05) is 5.32 Å². The molecule has 1 atom stereocenters. The van der Waals surface area contributed by atoms with Crippen molar-refractivity contribution in [3.63, 3.8) is 0 Å². The first-order valence-corrected chi connectivity index (χ1v) is 7.73. The summed E-state index contributed by atoms with van der Waals surface area (Å²) in [5.41, 5.74) is 0.00315. The second-order valence-corrected chi connectivity index (χ2v) is 6.11. The molecule has 1 amide bonds. The van der Waals surface area contributed by atoms with Crippen LogP contribution in [0.25, 0.3) is 0 Å². The minimum Gasteiger partial charge on any atom is -0.323 e. The minimum atomic E-state index is -0.950. The van der Waals surface area contributed by atoms with Gasteiger partial charge in [-0.1, -0.05) is 12.1 Å². The Morgan fingerprint density at radius 3 is 2.57 bits per heavy atom. The van der Waals surface area contributed by atoms with E-state index in [1.165, 1.54) is 12.1 Å². The van der Waals surface area contributed by atoms with Crippen molar-refractivity contribution in [2.45, 2.75) is 17.9 Å². The van der Waals surface area contributed by atoms with E-state index in [1.54, 1.807) is 6.92 Å². The zero-order valence-electron chi connectivity index (χ0n) is 12.1. The van der Waals surface area contributed by atoms with Crippen LogP contribution in [0.2, 0.25) is 0 Å². The summed E-state index contributed by atoms with van der Waals surface area (Å²) < 4.78 is 52.9. The fraction of sp³-hybridized carbons (Fsp3) is 0.188. The van der Waals surface area contributed by atoms with E-state index in [0.717, 1.165) is 30.0 Å². The normalized spacial score (nSPS) is 12.0. The second kappa shape index (κ2) is 7.50. The molecule has 2 rings (SSSR count). The second-order valence-electron chi connectivity index (χ2n) is 4.78. The number of carbonyl (C=O) groups excluding carboxylic acids is 1. The Bertz CT molecular complexity index is 723. The Morgan fingerprint density at radius 1 is 1.13 bits per heavy atom. The van der Waals surface area contributed by atoms with Crippen LogP contribution < -0.4 is 5.32 Å². The third kappa shape index (κ3) is 4.48. The molecule has 0 radical (unpaired) electrons.